The molecule has 0 spiro atoms. The molecule has 1 heterocycles. The highest BCUT2D eigenvalue weighted by molar-refractivity contribution is 5.96. The first kappa shape index (κ1) is 27.8. The third-order valence-electron chi connectivity index (χ3n) is 6.24. The second-order valence-electron chi connectivity index (χ2n) is 8.85. The van der Waals surface area contributed by atoms with E-state index in [2.05, 4.69) is 10.6 Å². The third kappa shape index (κ3) is 7.78. The first-order valence-electron chi connectivity index (χ1n) is 11.7. The van der Waals surface area contributed by atoms with E-state index in [1.54, 1.807) is 13.8 Å². The molecule has 0 saturated carbocycles. The first-order valence-corrected chi connectivity index (χ1v) is 11.7. The zero-order valence-electron chi connectivity index (χ0n) is 20.0. The lowest BCUT2D eigenvalue weighted by molar-refractivity contribution is -0.145. The molecule has 1 fully saturated rings. The topological polar surface area (TPSA) is 179 Å². The van der Waals surface area contributed by atoms with Crippen molar-refractivity contribution in [2.24, 2.45) is 11.7 Å². The third-order valence-corrected chi connectivity index (χ3v) is 6.24. The van der Waals surface area contributed by atoms with Gasteiger partial charge in [0.1, 0.15) is 18.1 Å². The van der Waals surface area contributed by atoms with Crippen LogP contribution < -0.4 is 16.4 Å². The molecule has 0 aliphatic carbocycles. The quantitative estimate of drug-likeness (QED) is 0.274. The van der Waals surface area contributed by atoms with E-state index < -0.39 is 66.2 Å². The summed E-state index contributed by atoms with van der Waals surface area (Å²) in [6, 6.07) is 4.71. The Bertz CT molecular complexity index is 924. The van der Waals surface area contributed by atoms with Crippen molar-refractivity contribution in [3.63, 3.8) is 0 Å². The average Bonchev–Trinajstić information content (AvgIpc) is 3.31. The molecule has 192 valence electrons. The first-order chi connectivity index (χ1) is 16.5. The summed E-state index contributed by atoms with van der Waals surface area (Å²) in [4.78, 5) is 63.0. The number of carbonyl (C=O) groups excluding carboxylic acids is 3. The molecule has 35 heavy (non-hydrogen) atoms. The number of rotatable bonds is 12. The van der Waals surface area contributed by atoms with E-state index >= 15 is 0 Å². The number of benzene rings is 1. The number of likely N-dealkylation sites (tertiary alicyclic amines) is 1. The summed E-state index contributed by atoms with van der Waals surface area (Å²) >= 11 is 0. The van der Waals surface area contributed by atoms with E-state index in [1.165, 1.54) is 4.90 Å². The second kappa shape index (κ2) is 12.8. The Balaban J connectivity index is 2.10. The van der Waals surface area contributed by atoms with Gasteiger partial charge in [0.05, 0.1) is 12.5 Å². The van der Waals surface area contributed by atoms with Crippen LogP contribution in [0.15, 0.2) is 30.3 Å². The normalized spacial score (nSPS) is 18.7. The highest BCUT2D eigenvalue weighted by Gasteiger charge is 2.38. The Morgan fingerprint density at radius 2 is 1.77 bits per heavy atom. The van der Waals surface area contributed by atoms with Gasteiger partial charge < -0.3 is 31.5 Å². The number of nitrogens with two attached hydrogens (primary N) is 1. The predicted molar refractivity (Wildman–Crippen MR) is 126 cm³/mol. The number of carboxylic acid groups (broad SMARTS) is 2. The molecule has 5 atom stereocenters. The number of aliphatic carboxylic acids is 2. The Morgan fingerprint density at radius 3 is 2.34 bits per heavy atom. The van der Waals surface area contributed by atoms with Crippen molar-refractivity contribution < 1.29 is 34.2 Å². The summed E-state index contributed by atoms with van der Waals surface area (Å²) < 4.78 is 0. The fourth-order valence-electron chi connectivity index (χ4n) is 4.06. The standard InChI is InChI=1S/C24H34N4O7/c1-3-14(2)20(24(34)35)27-21(31)17(13-19(29)30)26-22(32)18-10-7-11-28(18)23(33)16(25)12-15-8-5-4-6-9-15/h4-6,8-9,14,16-18,20H,3,7,10-13,25H2,1-2H3,(H,26,32)(H,27,31)(H,29,30)(H,34,35). The summed E-state index contributed by atoms with van der Waals surface area (Å²) in [6.45, 7) is 3.71. The Kier molecular flexibility index (Phi) is 10.2. The van der Waals surface area contributed by atoms with E-state index in [0.717, 1.165) is 5.56 Å². The monoisotopic (exact) mass is 490 g/mol. The lowest BCUT2D eigenvalue weighted by atomic mass is 9.98. The summed E-state index contributed by atoms with van der Waals surface area (Å²) in [7, 11) is 0. The van der Waals surface area contributed by atoms with Crippen LogP contribution in [0.4, 0.5) is 0 Å². The lowest BCUT2D eigenvalue weighted by Gasteiger charge is -2.29. The molecule has 1 aliphatic rings. The van der Waals surface area contributed by atoms with Crippen molar-refractivity contribution in [3.8, 4) is 0 Å². The van der Waals surface area contributed by atoms with Crippen LogP contribution in [0.1, 0.15) is 45.1 Å². The molecule has 3 amide bonds. The largest absolute Gasteiger partial charge is 0.481 e. The average molecular weight is 491 g/mol. The molecule has 2 rings (SSSR count). The van der Waals surface area contributed by atoms with Gasteiger partial charge in [-0.15, -0.1) is 0 Å². The Labute approximate surface area is 204 Å². The van der Waals surface area contributed by atoms with Gasteiger partial charge in [0, 0.05) is 6.54 Å². The second-order valence-corrected chi connectivity index (χ2v) is 8.85. The van der Waals surface area contributed by atoms with Gasteiger partial charge in [-0.05, 0) is 30.7 Å². The molecule has 0 bridgehead atoms. The maximum atomic E-state index is 13.0. The van der Waals surface area contributed by atoms with E-state index in [4.69, 9.17) is 5.73 Å². The number of hydrogen-bond donors (Lipinski definition) is 5. The van der Waals surface area contributed by atoms with Crippen LogP contribution in [-0.4, -0.2) is 75.5 Å². The molecule has 0 radical (unpaired) electrons. The molecule has 1 aromatic carbocycles. The summed E-state index contributed by atoms with van der Waals surface area (Å²) in [5, 5.41) is 23.4. The molecule has 6 N–H and O–H groups in total. The molecule has 1 aromatic rings. The van der Waals surface area contributed by atoms with Crippen molar-refractivity contribution in [2.45, 2.75) is 70.1 Å². The lowest BCUT2D eigenvalue weighted by Crippen LogP contribution is -2.57. The highest BCUT2D eigenvalue weighted by Crippen LogP contribution is 2.20. The minimum atomic E-state index is -1.50. The highest BCUT2D eigenvalue weighted by atomic mass is 16.4. The molecule has 11 nitrogen and oxygen atoms in total. The molecule has 5 unspecified atom stereocenters. The molecule has 0 aromatic heterocycles. The van der Waals surface area contributed by atoms with Gasteiger partial charge in [-0.2, -0.15) is 0 Å². The maximum Gasteiger partial charge on any atom is 0.326 e. The molecule has 1 saturated heterocycles. The maximum absolute atomic E-state index is 13.0. The SMILES string of the molecule is CCC(C)C(NC(=O)C(CC(=O)O)NC(=O)C1CCCN1C(=O)C(N)Cc1ccccc1)C(=O)O. The minimum Gasteiger partial charge on any atom is -0.481 e. The summed E-state index contributed by atoms with van der Waals surface area (Å²) in [6.07, 6.45) is 0.906. The number of nitrogens with zero attached hydrogens (tertiary/aromatic N) is 1. The molecular weight excluding hydrogens is 456 g/mol. The van der Waals surface area contributed by atoms with Crippen LogP contribution in [0, 0.1) is 5.92 Å². The zero-order valence-corrected chi connectivity index (χ0v) is 20.0. The van der Waals surface area contributed by atoms with E-state index in [0.29, 0.717) is 32.2 Å². The zero-order chi connectivity index (χ0) is 26.1. The molecule has 1 aliphatic heterocycles. The molecular formula is C24H34N4O7. The number of carbonyl (C=O) groups is 5. The van der Waals surface area contributed by atoms with Crippen LogP contribution in [-0.2, 0) is 30.4 Å². The van der Waals surface area contributed by atoms with Gasteiger partial charge in [-0.1, -0.05) is 50.6 Å². The minimum absolute atomic E-state index is 0.292. The van der Waals surface area contributed by atoms with Gasteiger partial charge in [-0.25, -0.2) is 4.79 Å². The predicted octanol–water partition coefficient (Wildman–Crippen LogP) is 0.122. The van der Waals surface area contributed by atoms with Crippen LogP contribution in [0.5, 0.6) is 0 Å². The fourth-order valence-corrected chi connectivity index (χ4v) is 4.06. The van der Waals surface area contributed by atoms with Crippen molar-refractivity contribution in [1.29, 1.82) is 0 Å². The van der Waals surface area contributed by atoms with Crippen LogP contribution in [0.25, 0.3) is 0 Å². The van der Waals surface area contributed by atoms with E-state index in [-0.39, 0.29) is 0 Å². The Hall–Kier alpha value is -3.47. The van der Waals surface area contributed by atoms with Gasteiger partial charge in [0.2, 0.25) is 17.7 Å². The number of amides is 3. The summed E-state index contributed by atoms with van der Waals surface area (Å²) in [5.74, 6) is -5.01. The number of carboxylic acids is 2. The fraction of sp³-hybridized carbons (Fsp3) is 0.542. The smallest absolute Gasteiger partial charge is 0.326 e. The van der Waals surface area contributed by atoms with Crippen molar-refractivity contribution in [3.05, 3.63) is 35.9 Å². The van der Waals surface area contributed by atoms with Crippen molar-refractivity contribution >= 4 is 29.7 Å². The van der Waals surface area contributed by atoms with Gasteiger partial charge in [0.25, 0.3) is 0 Å². The number of hydrogen-bond acceptors (Lipinski definition) is 6. The van der Waals surface area contributed by atoms with Crippen molar-refractivity contribution in [2.75, 3.05) is 6.54 Å². The van der Waals surface area contributed by atoms with E-state index in [1.807, 2.05) is 30.3 Å². The summed E-state index contributed by atoms with van der Waals surface area (Å²) in [5.41, 5.74) is 6.99. The van der Waals surface area contributed by atoms with Crippen molar-refractivity contribution in [1.82, 2.24) is 15.5 Å². The van der Waals surface area contributed by atoms with Gasteiger partial charge in [0.15, 0.2) is 0 Å². The Morgan fingerprint density at radius 1 is 1.11 bits per heavy atom. The van der Waals surface area contributed by atoms with Gasteiger partial charge >= 0.3 is 11.9 Å². The van der Waals surface area contributed by atoms with Crippen LogP contribution in [0.3, 0.4) is 0 Å². The van der Waals surface area contributed by atoms with E-state index in [9.17, 15) is 34.2 Å². The van der Waals surface area contributed by atoms with Crippen LogP contribution >= 0.6 is 0 Å². The van der Waals surface area contributed by atoms with Crippen LogP contribution in [0.2, 0.25) is 0 Å². The number of nitrogens with one attached hydrogen (secondary N) is 2. The molecule has 11 heteroatoms. The van der Waals surface area contributed by atoms with Gasteiger partial charge in [-0.3, -0.25) is 19.2 Å².